The summed E-state index contributed by atoms with van der Waals surface area (Å²) >= 11 is 0. The number of aliphatic hydroxyl groups is 1. The zero-order chi connectivity index (χ0) is 10.1. The van der Waals surface area contributed by atoms with E-state index < -0.39 is 5.60 Å². The topological polar surface area (TPSA) is 72.5 Å². The second kappa shape index (κ2) is 4.96. The molecule has 0 radical (unpaired) electrons. The van der Waals surface area contributed by atoms with E-state index in [-0.39, 0.29) is 30.3 Å². The van der Waals surface area contributed by atoms with Gasteiger partial charge in [0.1, 0.15) is 0 Å². The van der Waals surface area contributed by atoms with E-state index in [0.29, 0.717) is 12.8 Å². The van der Waals surface area contributed by atoms with Crippen LogP contribution in [0.25, 0.3) is 0 Å². The van der Waals surface area contributed by atoms with Crippen LogP contribution >= 0.6 is 12.4 Å². The maximum absolute atomic E-state index is 11.0. The molecule has 0 aromatic rings. The van der Waals surface area contributed by atoms with Crippen molar-refractivity contribution in [1.29, 1.82) is 0 Å². The van der Waals surface area contributed by atoms with Gasteiger partial charge in [-0.25, -0.2) is 0 Å². The number of carbonyl (C=O) groups excluding carboxylic acids is 1. The molecule has 0 aliphatic heterocycles. The summed E-state index contributed by atoms with van der Waals surface area (Å²) in [6.45, 7) is 1.92. The molecule has 0 amide bonds. The van der Waals surface area contributed by atoms with Gasteiger partial charge in [0.2, 0.25) is 0 Å². The van der Waals surface area contributed by atoms with Crippen LogP contribution in [0, 0.1) is 5.92 Å². The summed E-state index contributed by atoms with van der Waals surface area (Å²) in [5.41, 5.74) is 4.87. The second-order valence-corrected chi connectivity index (χ2v) is 3.75. The summed E-state index contributed by atoms with van der Waals surface area (Å²) in [6, 6.07) is -0.228. The van der Waals surface area contributed by atoms with Gasteiger partial charge in [-0.05, 0) is 19.3 Å². The van der Waals surface area contributed by atoms with Crippen molar-refractivity contribution in [3.8, 4) is 0 Å². The first kappa shape index (κ1) is 13.7. The average Bonchev–Trinajstić information content (AvgIpc) is 2.10. The second-order valence-electron chi connectivity index (χ2n) is 3.75. The van der Waals surface area contributed by atoms with Gasteiger partial charge < -0.3 is 15.6 Å². The monoisotopic (exact) mass is 223 g/mol. The lowest BCUT2D eigenvalue weighted by atomic mass is 9.66. The van der Waals surface area contributed by atoms with E-state index >= 15 is 0 Å². The van der Waals surface area contributed by atoms with Crippen LogP contribution < -0.4 is 5.73 Å². The highest BCUT2D eigenvalue weighted by atomic mass is 35.5. The molecule has 0 heterocycles. The SMILES string of the molecule is CCC(N)C1(O)CC(C(=O)OC)C1.Cl. The molecule has 0 aromatic heterocycles. The fourth-order valence-corrected chi connectivity index (χ4v) is 1.81. The lowest BCUT2D eigenvalue weighted by Gasteiger charge is -2.45. The van der Waals surface area contributed by atoms with Gasteiger partial charge in [-0.15, -0.1) is 12.4 Å². The Kier molecular flexibility index (Phi) is 4.84. The van der Waals surface area contributed by atoms with E-state index in [1.165, 1.54) is 7.11 Å². The summed E-state index contributed by atoms with van der Waals surface area (Å²) in [5.74, 6) is -0.402. The van der Waals surface area contributed by atoms with Crippen molar-refractivity contribution in [2.75, 3.05) is 7.11 Å². The number of rotatable bonds is 3. The lowest BCUT2D eigenvalue weighted by molar-refractivity contribution is -0.164. The molecular weight excluding hydrogens is 206 g/mol. The average molecular weight is 224 g/mol. The van der Waals surface area contributed by atoms with Crippen LogP contribution in [0.15, 0.2) is 0 Å². The van der Waals surface area contributed by atoms with Crippen molar-refractivity contribution in [1.82, 2.24) is 0 Å². The highest BCUT2D eigenvalue weighted by Gasteiger charge is 2.49. The first-order valence-electron chi connectivity index (χ1n) is 4.59. The number of hydrogen-bond acceptors (Lipinski definition) is 4. The quantitative estimate of drug-likeness (QED) is 0.682. The third kappa shape index (κ3) is 2.38. The number of esters is 1. The Bertz CT molecular complexity index is 204. The van der Waals surface area contributed by atoms with E-state index in [1.54, 1.807) is 0 Å². The van der Waals surface area contributed by atoms with E-state index in [9.17, 15) is 9.90 Å². The van der Waals surface area contributed by atoms with E-state index in [4.69, 9.17) is 5.73 Å². The number of hydrogen-bond donors (Lipinski definition) is 2. The van der Waals surface area contributed by atoms with Gasteiger partial charge in [-0.3, -0.25) is 4.79 Å². The highest BCUT2D eigenvalue weighted by molar-refractivity contribution is 5.85. The number of ether oxygens (including phenoxy) is 1. The molecule has 1 saturated carbocycles. The minimum atomic E-state index is -0.840. The van der Waals surface area contributed by atoms with Crippen molar-refractivity contribution >= 4 is 18.4 Å². The Hall–Kier alpha value is -0.320. The van der Waals surface area contributed by atoms with Crippen LogP contribution in [-0.2, 0) is 9.53 Å². The maximum atomic E-state index is 11.0. The molecule has 14 heavy (non-hydrogen) atoms. The van der Waals surface area contributed by atoms with Gasteiger partial charge in [-0.1, -0.05) is 6.92 Å². The van der Waals surface area contributed by atoms with Crippen LogP contribution in [-0.4, -0.2) is 29.8 Å². The van der Waals surface area contributed by atoms with Crippen molar-refractivity contribution in [2.24, 2.45) is 11.7 Å². The Balaban J connectivity index is 0.00000169. The Morgan fingerprint density at radius 1 is 1.71 bits per heavy atom. The first-order valence-corrected chi connectivity index (χ1v) is 4.59. The molecule has 0 spiro atoms. The van der Waals surface area contributed by atoms with Crippen LogP contribution in [0.2, 0.25) is 0 Å². The minimum absolute atomic E-state index is 0. The van der Waals surface area contributed by atoms with Gasteiger partial charge in [0.15, 0.2) is 0 Å². The molecule has 1 atom stereocenters. The molecule has 0 saturated heterocycles. The number of nitrogens with two attached hydrogens (primary N) is 1. The summed E-state index contributed by atoms with van der Waals surface area (Å²) in [4.78, 5) is 11.0. The first-order chi connectivity index (χ1) is 6.03. The van der Waals surface area contributed by atoms with Crippen LogP contribution in [0.3, 0.4) is 0 Å². The van der Waals surface area contributed by atoms with Crippen molar-refractivity contribution < 1.29 is 14.6 Å². The van der Waals surface area contributed by atoms with Gasteiger partial charge in [0, 0.05) is 6.04 Å². The zero-order valence-corrected chi connectivity index (χ0v) is 9.34. The summed E-state index contributed by atoms with van der Waals surface area (Å²) < 4.78 is 4.57. The minimum Gasteiger partial charge on any atom is -0.469 e. The molecular formula is C9H18ClNO3. The number of methoxy groups -OCH3 is 1. The molecule has 0 bridgehead atoms. The van der Waals surface area contributed by atoms with E-state index in [0.717, 1.165) is 6.42 Å². The molecule has 1 aliphatic rings. The third-order valence-corrected chi connectivity index (χ3v) is 2.86. The molecule has 0 aromatic carbocycles. The predicted octanol–water partition coefficient (Wildman–Crippen LogP) is 0.460. The fraction of sp³-hybridized carbons (Fsp3) is 0.889. The van der Waals surface area contributed by atoms with Crippen LogP contribution in [0.5, 0.6) is 0 Å². The Labute approximate surface area is 90.2 Å². The lowest BCUT2D eigenvalue weighted by Crippen LogP contribution is -2.58. The van der Waals surface area contributed by atoms with E-state index in [2.05, 4.69) is 4.74 Å². The fourth-order valence-electron chi connectivity index (χ4n) is 1.81. The van der Waals surface area contributed by atoms with Crippen LogP contribution in [0.4, 0.5) is 0 Å². The van der Waals surface area contributed by atoms with Gasteiger partial charge >= 0.3 is 5.97 Å². The molecule has 1 fully saturated rings. The standard InChI is InChI=1S/C9H17NO3.ClH/c1-3-7(10)9(12)4-6(5-9)8(11)13-2;/h6-7,12H,3-5,10H2,1-2H3;1H. The molecule has 1 aliphatic carbocycles. The molecule has 3 N–H and O–H groups in total. The predicted molar refractivity (Wildman–Crippen MR) is 55.2 cm³/mol. The number of halogens is 1. The molecule has 5 heteroatoms. The molecule has 84 valence electrons. The summed E-state index contributed by atoms with van der Waals surface area (Å²) in [6.07, 6.45) is 1.60. The summed E-state index contributed by atoms with van der Waals surface area (Å²) in [5, 5.41) is 9.86. The Morgan fingerprint density at radius 2 is 2.21 bits per heavy atom. The number of carbonyl (C=O) groups is 1. The summed E-state index contributed by atoms with van der Waals surface area (Å²) in [7, 11) is 1.36. The maximum Gasteiger partial charge on any atom is 0.308 e. The van der Waals surface area contributed by atoms with Gasteiger partial charge in [0.25, 0.3) is 0 Å². The Morgan fingerprint density at radius 3 is 2.57 bits per heavy atom. The largest absolute Gasteiger partial charge is 0.469 e. The van der Waals surface area contributed by atoms with Gasteiger partial charge in [-0.2, -0.15) is 0 Å². The van der Waals surface area contributed by atoms with Crippen molar-refractivity contribution in [3.05, 3.63) is 0 Å². The zero-order valence-electron chi connectivity index (χ0n) is 8.53. The molecule has 4 nitrogen and oxygen atoms in total. The molecule has 1 unspecified atom stereocenters. The smallest absolute Gasteiger partial charge is 0.308 e. The highest BCUT2D eigenvalue weighted by Crippen LogP contribution is 2.40. The van der Waals surface area contributed by atoms with Crippen molar-refractivity contribution in [3.63, 3.8) is 0 Å². The van der Waals surface area contributed by atoms with Crippen LogP contribution in [0.1, 0.15) is 26.2 Å². The normalized spacial score (nSPS) is 32.4. The van der Waals surface area contributed by atoms with Crippen molar-refractivity contribution in [2.45, 2.75) is 37.8 Å². The molecule has 1 rings (SSSR count). The van der Waals surface area contributed by atoms with E-state index in [1.807, 2.05) is 6.92 Å². The third-order valence-electron chi connectivity index (χ3n) is 2.86. The van der Waals surface area contributed by atoms with Gasteiger partial charge in [0.05, 0.1) is 18.6 Å².